The lowest BCUT2D eigenvalue weighted by atomic mass is 10.2. The largest absolute Gasteiger partial charge is 0.356 e. The Hall–Kier alpha value is -2.22. The van der Waals surface area contributed by atoms with E-state index in [0.717, 1.165) is 0 Å². The summed E-state index contributed by atoms with van der Waals surface area (Å²) in [6, 6.07) is 8.10. The fourth-order valence-corrected chi connectivity index (χ4v) is 3.24. The summed E-state index contributed by atoms with van der Waals surface area (Å²) in [5, 5.41) is 6.49. The zero-order valence-electron chi connectivity index (χ0n) is 13.7. The van der Waals surface area contributed by atoms with Gasteiger partial charge in [0.2, 0.25) is 11.8 Å². The molecule has 0 saturated carbocycles. The van der Waals surface area contributed by atoms with Crippen molar-refractivity contribution >= 4 is 15.7 Å². The van der Waals surface area contributed by atoms with E-state index >= 15 is 0 Å². The van der Waals surface area contributed by atoms with E-state index < -0.39 is 9.84 Å². The van der Waals surface area contributed by atoms with Gasteiger partial charge in [-0.25, -0.2) is 8.42 Å². The van der Waals surface area contributed by atoms with Crippen LogP contribution < -0.4 is 5.32 Å². The zero-order valence-corrected chi connectivity index (χ0v) is 14.5. The fourth-order valence-electron chi connectivity index (χ4n) is 1.98. The quantitative estimate of drug-likeness (QED) is 0.777. The van der Waals surface area contributed by atoms with Crippen LogP contribution in [-0.2, 0) is 21.1 Å². The molecule has 0 fully saturated rings. The van der Waals surface area contributed by atoms with Gasteiger partial charge in [-0.05, 0) is 12.1 Å². The summed E-state index contributed by atoms with van der Waals surface area (Å²) in [4.78, 5) is 16.2. The first-order valence-corrected chi connectivity index (χ1v) is 9.40. The highest BCUT2D eigenvalue weighted by molar-refractivity contribution is 7.91. The lowest BCUT2D eigenvalue weighted by molar-refractivity contribution is -0.120. The van der Waals surface area contributed by atoms with Crippen LogP contribution in [0, 0.1) is 0 Å². The maximum atomic E-state index is 12.1. The third-order valence-electron chi connectivity index (χ3n) is 3.35. The number of nitrogens with zero attached hydrogens (tertiary/aromatic N) is 2. The highest BCUT2D eigenvalue weighted by atomic mass is 32.2. The Balaban J connectivity index is 1.75. The second kappa shape index (κ2) is 8.05. The van der Waals surface area contributed by atoms with Crippen molar-refractivity contribution in [2.24, 2.45) is 0 Å². The van der Waals surface area contributed by atoms with Crippen LogP contribution in [0.4, 0.5) is 0 Å². The van der Waals surface area contributed by atoms with Crippen molar-refractivity contribution in [1.82, 2.24) is 15.5 Å². The van der Waals surface area contributed by atoms with Crippen LogP contribution in [0.25, 0.3) is 0 Å². The minimum Gasteiger partial charge on any atom is -0.356 e. The molecule has 8 heteroatoms. The summed E-state index contributed by atoms with van der Waals surface area (Å²) in [5.74, 6) is 0.704. The standard InChI is InChI=1S/C16H21N3O4S/c1-12(2)16-18-14(19-23-16)8-10-17-15(20)9-11-24(21,22)13-6-4-3-5-7-13/h3-7,12H,8-11H2,1-2H3,(H,17,20). The van der Waals surface area contributed by atoms with Gasteiger partial charge in [-0.3, -0.25) is 4.79 Å². The number of amides is 1. The van der Waals surface area contributed by atoms with Gasteiger partial charge in [-0.1, -0.05) is 37.2 Å². The number of hydrogen-bond donors (Lipinski definition) is 1. The Bertz CT molecular complexity index is 770. The number of carbonyl (C=O) groups excluding carboxylic acids is 1. The second-order valence-corrected chi connectivity index (χ2v) is 7.79. The maximum absolute atomic E-state index is 12.1. The van der Waals surface area contributed by atoms with Crippen molar-refractivity contribution in [3.63, 3.8) is 0 Å². The Labute approximate surface area is 141 Å². The van der Waals surface area contributed by atoms with Crippen LogP contribution in [0.3, 0.4) is 0 Å². The first-order chi connectivity index (χ1) is 11.4. The van der Waals surface area contributed by atoms with E-state index in [4.69, 9.17) is 4.52 Å². The Morgan fingerprint density at radius 1 is 1.25 bits per heavy atom. The minimum absolute atomic E-state index is 0.0826. The molecule has 0 unspecified atom stereocenters. The number of sulfone groups is 1. The van der Waals surface area contributed by atoms with Gasteiger partial charge in [0.25, 0.3) is 0 Å². The molecule has 0 bridgehead atoms. The summed E-state index contributed by atoms with van der Waals surface area (Å²) in [5.41, 5.74) is 0. The number of aromatic nitrogens is 2. The first-order valence-electron chi connectivity index (χ1n) is 7.75. The first kappa shape index (κ1) is 18.1. The molecule has 0 aliphatic heterocycles. The summed E-state index contributed by atoms with van der Waals surface area (Å²) in [7, 11) is -3.44. The summed E-state index contributed by atoms with van der Waals surface area (Å²) < 4.78 is 29.2. The lowest BCUT2D eigenvalue weighted by Gasteiger charge is -2.05. The number of hydrogen-bond acceptors (Lipinski definition) is 6. The van der Waals surface area contributed by atoms with E-state index in [-0.39, 0.29) is 28.9 Å². The van der Waals surface area contributed by atoms with Gasteiger partial charge < -0.3 is 9.84 Å². The minimum atomic E-state index is -3.44. The van der Waals surface area contributed by atoms with Gasteiger partial charge >= 0.3 is 0 Å². The van der Waals surface area contributed by atoms with Crippen molar-refractivity contribution in [3.05, 3.63) is 42.0 Å². The molecule has 1 aromatic carbocycles. The number of nitrogens with one attached hydrogen (secondary N) is 1. The molecular formula is C16H21N3O4S. The summed E-state index contributed by atoms with van der Waals surface area (Å²) in [6.07, 6.45) is 0.355. The van der Waals surface area contributed by atoms with Crippen molar-refractivity contribution < 1.29 is 17.7 Å². The molecule has 24 heavy (non-hydrogen) atoms. The van der Waals surface area contributed by atoms with E-state index in [2.05, 4.69) is 15.5 Å². The molecule has 1 amide bonds. The fraction of sp³-hybridized carbons (Fsp3) is 0.438. The maximum Gasteiger partial charge on any atom is 0.229 e. The topological polar surface area (TPSA) is 102 Å². The van der Waals surface area contributed by atoms with E-state index in [1.807, 2.05) is 13.8 Å². The second-order valence-electron chi connectivity index (χ2n) is 5.69. The molecule has 7 nitrogen and oxygen atoms in total. The molecule has 0 spiro atoms. The molecule has 0 radical (unpaired) electrons. The average molecular weight is 351 g/mol. The molecule has 2 aromatic rings. The Kier molecular flexibility index (Phi) is 6.08. The SMILES string of the molecule is CC(C)c1nc(CCNC(=O)CCS(=O)(=O)c2ccccc2)no1. The van der Waals surface area contributed by atoms with Crippen molar-refractivity contribution in [2.75, 3.05) is 12.3 Å². The van der Waals surface area contributed by atoms with Crippen LogP contribution in [0.1, 0.15) is 37.9 Å². The predicted octanol–water partition coefficient (Wildman–Crippen LogP) is 1.72. The smallest absolute Gasteiger partial charge is 0.229 e. The molecule has 1 aromatic heterocycles. The highest BCUT2D eigenvalue weighted by Gasteiger charge is 2.16. The molecule has 1 N–H and O–H groups in total. The van der Waals surface area contributed by atoms with Gasteiger partial charge in [-0.15, -0.1) is 0 Å². The molecule has 130 valence electrons. The number of rotatable bonds is 8. The monoisotopic (exact) mass is 351 g/mol. The van der Waals surface area contributed by atoms with Crippen molar-refractivity contribution in [3.8, 4) is 0 Å². The zero-order chi connectivity index (χ0) is 17.6. The third-order valence-corrected chi connectivity index (χ3v) is 5.08. The lowest BCUT2D eigenvalue weighted by Crippen LogP contribution is -2.27. The van der Waals surface area contributed by atoms with E-state index in [9.17, 15) is 13.2 Å². The third kappa shape index (κ3) is 5.16. The molecule has 2 rings (SSSR count). The van der Waals surface area contributed by atoms with Gasteiger partial charge in [0.1, 0.15) is 0 Å². The summed E-state index contributed by atoms with van der Waals surface area (Å²) in [6.45, 7) is 4.24. The van der Waals surface area contributed by atoms with Gasteiger partial charge in [0.15, 0.2) is 15.7 Å². The molecular weight excluding hydrogens is 330 g/mol. The van der Waals surface area contributed by atoms with Gasteiger partial charge in [-0.2, -0.15) is 4.98 Å². The number of carbonyl (C=O) groups is 1. The highest BCUT2D eigenvalue weighted by Crippen LogP contribution is 2.12. The van der Waals surface area contributed by atoms with Crippen LogP contribution in [-0.4, -0.2) is 36.8 Å². The van der Waals surface area contributed by atoms with Crippen LogP contribution in [0.5, 0.6) is 0 Å². The Morgan fingerprint density at radius 3 is 2.58 bits per heavy atom. The molecule has 0 aliphatic carbocycles. The normalized spacial score (nSPS) is 11.6. The van der Waals surface area contributed by atoms with Gasteiger partial charge in [0, 0.05) is 25.3 Å². The van der Waals surface area contributed by atoms with E-state index in [0.29, 0.717) is 24.7 Å². The van der Waals surface area contributed by atoms with Crippen LogP contribution >= 0.6 is 0 Å². The van der Waals surface area contributed by atoms with Crippen LogP contribution in [0.15, 0.2) is 39.8 Å². The van der Waals surface area contributed by atoms with E-state index in [1.54, 1.807) is 18.2 Å². The van der Waals surface area contributed by atoms with Gasteiger partial charge in [0.05, 0.1) is 10.6 Å². The molecule has 0 saturated heterocycles. The number of benzene rings is 1. The van der Waals surface area contributed by atoms with Crippen molar-refractivity contribution in [1.29, 1.82) is 0 Å². The molecule has 0 atom stereocenters. The average Bonchev–Trinajstić information content (AvgIpc) is 3.03. The Morgan fingerprint density at radius 2 is 1.96 bits per heavy atom. The van der Waals surface area contributed by atoms with Crippen LogP contribution in [0.2, 0.25) is 0 Å². The summed E-state index contributed by atoms with van der Waals surface area (Å²) >= 11 is 0. The molecule has 0 aliphatic rings. The predicted molar refractivity (Wildman–Crippen MR) is 88.2 cm³/mol. The van der Waals surface area contributed by atoms with E-state index in [1.165, 1.54) is 12.1 Å². The van der Waals surface area contributed by atoms with Crippen molar-refractivity contribution in [2.45, 2.75) is 37.5 Å². The molecule has 1 heterocycles.